The molecule has 0 saturated carbocycles. The summed E-state index contributed by atoms with van der Waals surface area (Å²) in [6.07, 6.45) is 1.07. The molecule has 0 saturated heterocycles. The van der Waals surface area contributed by atoms with Crippen molar-refractivity contribution in [1.82, 2.24) is 5.43 Å². The summed E-state index contributed by atoms with van der Waals surface area (Å²) >= 11 is 0. The van der Waals surface area contributed by atoms with Crippen LogP contribution >= 0.6 is 0 Å². The lowest BCUT2D eigenvalue weighted by Gasteiger charge is -1.96. The number of rotatable bonds is 0. The number of nitrogens with zero attached hydrogens (tertiary/aromatic N) is 3. The fourth-order valence-corrected chi connectivity index (χ4v) is 0.346. The summed E-state index contributed by atoms with van der Waals surface area (Å²) in [4.78, 5) is 0. The molecule has 0 aromatic heterocycles. The Bertz CT molecular complexity index is 51.1. The molecule has 3 heteroatoms. The Morgan fingerprint density at radius 1 is 1.17 bits per heavy atom. The smallest absolute Gasteiger partial charge is 0.0639 e. The van der Waals surface area contributed by atoms with Gasteiger partial charge < -0.3 is 0 Å². The van der Waals surface area contributed by atoms with Gasteiger partial charge in [-0.1, -0.05) is 5.22 Å². The van der Waals surface area contributed by atoms with Crippen LogP contribution in [0.2, 0.25) is 0 Å². The molecule has 0 amide bonds. The van der Waals surface area contributed by atoms with Gasteiger partial charge in [-0.3, -0.25) is 0 Å². The molecule has 1 heterocycles. The predicted molar refractivity (Wildman–Crippen MR) is 21.3 cm³/mol. The molecule has 0 spiro atoms. The maximum absolute atomic E-state index is 3.64. The van der Waals surface area contributed by atoms with E-state index < -0.39 is 0 Å². The Kier molecular flexibility index (Phi) is 1.04. The molecule has 0 unspecified atom stereocenters. The lowest BCUT2D eigenvalue weighted by Crippen LogP contribution is -2.04. The van der Waals surface area contributed by atoms with Crippen molar-refractivity contribution in [3.05, 3.63) is 0 Å². The van der Waals surface area contributed by atoms with Gasteiger partial charge in [0.1, 0.15) is 0 Å². The summed E-state index contributed by atoms with van der Waals surface area (Å²) in [7, 11) is 0. The second-order valence-electron chi connectivity index (χ2n) is 1.17. The molecule has 0 N–H and O–H groups in total. The van der Waals surface area contributed by atoms with Gasteiger partial charge in [0.2, 0.25) is 0 Å². The van der Waals surface area contributed by atoms with E-state index in [-0.39, 0.29) is 0 Å². The van der Waals surface area contributed by atoms with Gasteiger partial charge in [-0.15, -0.1) is 0 Å². The van der Waals surface area contributed by atoms with Crippen molar-refractivity contribution in [3.63, 3.8) is 0 Å². The Labute approximate surface area is 36.4 Å². The van der Waals surface area contributed by atoms with Gasteiger partial charge in [0, 0.05) is 0 Å². The van der Waals surface area contributed by atoms with Gasteiger partial charge in [-0.2, -0.15) is 10.5 Å². The van der Waals surface area contributed by atoms with E-state index in [1.54, 1.807) is 0 Å². The fraction of sp³-hybridized carbons (Fsp3) is 1.00. The Morgan fingerprint density at radius 2 is 2.17 bits per heavy atom. The van der Waals surface area contributed by atoms with Crippen molar-refractivity contribution in [2.75, 3.05) is 13.1 Å². The zero-order valence-electron chi connectivity index (χ0n) is 3.46. The molecule has 0 aromatic rings. The maximum Gasteiger partial charge on any atom is 0.0639 e. The van der Waals surface area contributed by atoms with Crippen LogP contribution in [0.1, 0.15) is 6.42 Å². The molecular formula is C3H6N3. The van der Waals surface area contributed by atoms with Gasteiger partial charge in [0.15, 0.2) is 0 Å². The average Bonchev–Trinajstić information content (AvgIpc) is 1.72. The standard InChI is InChI=1S/C3H6N3/c1-2-4-6-5-3-1/h1-3H2. The third-order valence-corrected chi connectivity index (χ3v) is 0.643. The van der Waals surface area contributed by atoms with Crippen molar-refractivity contribution >= 4 is 0 Å². The third-order valence-electron chi connectivity index (χ3n) is 0.643. The minimum Gasteiger partial charge on any atom is -0.169 e. The zero-order valence-corrected chi connectivity index (χ0v) is 3.46. The Morgan fingerprint density at radius 3 is 2.33 bits per heavy atom. The second-order valence-corrected chi connectivity index (χ2v) is 1.17. The van der Waals surface area contributed by atoms with Gasteiger partial charge in [0.25, 0.3) is 0 Å². The fourth-order valence-electron chi connectivity index (χ4n) is 0.346. The summed E-state index contributed by atoms with van der Waals surface area (Å²) in [5.74, 6) is 0. The van der Waals surface area contributed by atoms with Crippen LogP contribution in [0.25, 0.3) is 0 Å². The average molecular weight is 84.1 g/mol. The Balaban J connectivity index is 2.26. The van der Waals surface area contributed by atoms with Crippen molar-refractivity contribution in [2.45, 2.75) is 6.42 Å². The molecular weight excluding hydrogens is 78.1 g/mol. The summed E-state index contributed by atoms with van der Waals surface area (Å²) < 4.78 is 0. The summed E-state index contributed by atoms with van der Waals surface area (Å²) in [5, 5.41) is 7.06. The molecule has 0 bridgehead atoms. The lowest BCUT2D eigenvalue weighted by molar-refractivity contribution is 0.568. The van der Waals surface area contributed by atoms with E-state index in [9.17, 15) is 0 Å². The number of hydrogen-bond acceptors (Lipinski definition) is 2. The van der Waals surface area contributed by atoms with Gasteiger partial charge in [-0.05, 0) is 6.42 Å². The molecule has 0 fully saturated rings. The van der Waals surface area contributed by atoms with Gasteiger partial charge >= 0.3 is 0 Å². The summed E-state index contributed by atoms with van der Waals surface area (Å²) in [5.41, 5.74) is 3.64. The minimum atomic E-state index is 0.865. The van der Waals surface area contributed by atoms with Crippen LogP contribution in [0.5, 0.6) is 0 Å². The second kappa shape index (κ2) is 1.74. The third kappa shape index (κ3) is 0.672. The topological polar surface area (TPSA) is 38.8 Å². The van der Waals surface area contributed by atoms with Crippen molar-refractivity contribution in [1.29, 1.82) is 0 Å². The highest BCUT2D eigenvalue weighted by atomic mass is 15.4. The van der Waals surface area contributed by atoms with E-state index in [1.807, 2.05) is 0 Å². The number of hydrogen-bond donors (Lipinski definition) is 0. The van der Waals surface area contributed by atoms with E-state index in [0.717, 1.165) is 19.5 Å². The first-order valence-corrected chi connectivity index (χ1v) is 2.03. The normalized spacial score (nSPS) is 20.0. The first-order chi connectivity index (χ1) is 3.00. The predicted octanol–water partition coefficient (Wildman–Crippen LogP) is 0.362. The molecule has 0 aliphatic carbocycles. The van der Waals surface area contributed by atoms with Crippen LogP contribution in [-0.2, 0) is 0 Å². The molecule has 1 rings (SSSR count). The highest BCUT2D eigenvalue weighted by molar-refractivity contribution is 4.46. The van der Waals surface area contributed by atoms with Crippen LogP contribution in [0.15, 0.2) is 10.3 Å². The maximum atomic E-state index is 3.64. The zero-order chi connectivity index (χ0) is 4.24. The molecule has 1 aliphatic rings. The van der Waals surface area contributed by atoms with E-state index in [2.05, 4.69) is 15.8 Å². The van der Waals surface area contributed by atoms with Crippen molar-refractivity contribution in [2.24, 2.45) is 10.3 Å². The molecule has 1 radical (unpaired) electrons. The van der Waals surface area contributed by atoms with Crippen LogP contribution in [0, 0.1) is 0 Å². The summed E-state index contributed by atoms with van der Waals surface area (Å²) in [6, 6.07) is 0. The summed E-state index contributed by atoms with van der Waals surface area (Å²) in [6.45, 7) is 1.73. The van der Waals surface area contributed by atoms with Crippen molar-refractivity contribution < 1.29 is 0 Å². The van der Waals surface area contributed by atoms with E-state index in [1.165, 1.54) is 0 Å². The molecule has 1 aliphatic heterocycles. The van der Waals surface area contributed by atoms with Crippen molar-refractivity contribution in [3.8, 4) is 0 Å². The van der Waals surface area contributed by atoms with E-state index in [0.29, 0.717) is 0 Å². The largest absolute Gasteiger partial charge is 0.169 e. The van der Waals surface area contributed by atoms with Crippen LogP contribution in [-0.4, -0.2) is 13.1 Å². The molecule has 3 nitrogen and oxygen atoms in total. The van der Waals surface area contributed by atoms with E-state index >= 15 is 0 Å². The van der Waals surface area contributed by atoms with Crippen LogP contribution < -0.4 is 5.43 Å². The first-order valence-electron chi connectivity index (χ1n) is 2.03. The monoisotopic (exact) mass is 84.1 g/mol. The quantitative estimate of drug-likeness (QED) is 0.406. The highest BCUT2D eigenvalue weighted by Gasteiger charge is 1.89. The van der Waals surface area contributed by atoms with Crippen LogP contribution in [0.3, 0.4) is 0 Å². The van der Waals surface area contributed by atoms with Gasteiger partial charge in [-0.25, -0.2) is 0 Å². The molecule has 33 valence electrons. The molecule has 0 aromatic carbocycles. The SMILES string of the molecule is C1C[N]N=NC1. The lowest BCUT2D eigenvalue weighted by atomic mass is 10.4. The molecule has 6 heavy (non-hydrogen) atoms. The van der Waals surface area contributed by atoms with Crippen LogP contribution in [0.4, 0.5) is 0 Å². The first kappa shape index (κ1) is 3.59. The Hall–Kier alpha value is -0.600. The van der Waals surface area contributed by atoms with Gasteiger partial charge in [0.05, 0.1) is 13.1 Å². The van der Waals surface area contributed by atoms with E-state index in [4.69, 9.17) is 0 Å². The molecule has 0 atom stereocenters. The minimum absolute atomic E-state index is 0.865. The highest BCUT2D eigenvalue weighted by Crippen LogP contribution is 1.86.